The van der Waals surface area contributed by atoms with Crippen molar-refractivity contribution in [2.45, 2.75) is 6.61 Å². The maximum Gasteiger partial charge on any atom is 0.157 e. The molecule has 5 heteroatoms. The lowest BCUT2D eigenvalue weighted by atomic mass is 10.2. The highest BCUT2D eigenvalue weighted by Gasteiger charge is 2.09. The number of halogens is 2. The van der Waals surface area contributed by atoms with Gasteiger partial charge in [-0.3, -0.25) is 0 Å². The summed E-state index contributed by atoms with van der Waals surface area (Å²) < 4.78 is 5.62. The molecule has 0 saturated heterocycles. The summed E-state index contributed by atoms with van der Waals surface area (Å²) in [7, 11) is 0. The van der Waals surface area contributed by atoms with E-state index in [2.05, 4.69) is 5.16 Å². The first-order chi connectivity index (χ1) is 9.20. The van der Waals surface area contributed by atoms with E-state index in [0.29, 0.717) is 28.0 Å². The van der Waals surface area contributed by atoms with E-state index in [1.807, 2.05) is 30.3 Å². The quantitative estimate of drug-likeness (QED) is 0.517. The van der Waals surface area contributed by atoms with Crippen molar-refractivity contribution in [1.29, 1.82) is 0 Å². The Bertz CT molecular complexity index is 562. The molecule has 0 heterocycles. The molecular weight excluding hydrogens is 285 g/mol. The molecule has 0 aliphatic carbocycles. The molecule has 3 nitrogen and oxygen atoms in total. The summed E-state index contributed by atoms with van der Waals surface area (Å²) in [6.45, 7) is 0.383. The van der Waals surface area contributed by atoms with E-state index in [0.717, 1.165) is 5.56 Å². The van der Waals surface area contributed by atoms with Crippen LogP contribution in [-0.2, 0) is 6.61 Å². The number of nitrogens with zero attached hydrogens (tertiary/aromatic N) is 1. The number of hydrogen-bond acceptors (Lipinski definition) is 3. The molecule has 0 aliphatic heterocycles. The first-order valence-corrected chi connectivity index (χ1v) is 6.29. The number of oxime groups is 1. The Kier molecular flexibility index (Phi) is 4.66. The molecular formula is C14H11Cl2NO2. The summed E-state index contributed by atoms with van der Waals surface area (Å²) in [4.78, 5) is 0. The van der Waals surface area contributed by atoms with Gasteiger partial charge in [0.05, 0.1) is 16.3 Å². The van der Waals surface area contributed by atoms with Gasteiger partial charge in [0.2, 0.25) is 0 Å². The Hall–Kier alpha value is -1.71. The maximum atomic E-state index is 8.47. The van der Waals surface area contributed by atoms with Crippen molar-refractivity contribution in [3.8, 4) is 5.75 Å². The molecule has 2 aromatic carbocycles. The minimum atomic E-state index is 0.373. The third kappa shape index (κ3) is 3.63. The summed E-state index contributed by atoms with van der Waals surface area (Å²) in [5.74, 6) is 0.419. The fourth-order valence-electron chi connectivity index (χ4n) is 1.59. The number of rotatable bonds is 4. The zero-order valence-electron chi connectivity index (χ0n) is 9.88. The van der Waals surface area contributed by atoms with Crippen molar-refractivity contribution in [3.63, 3.8) is 0 Å². The normalized spacial score (nSPS) is 10.8. The second-order valence-corrected chi connectivity index (χ2v) is 4.65. The topological polar surface area (TPSA) is 41.8 Å². The van der Waals surface area contributed by atoms with Crippen LogP contribution in [0.3, 0.4) is 0 Å². The van der Waals surface area contributed by atoms with Crippen molar-refractivity contribution < 1.29 is 9.94 Å². The Morgan fingerprint density at radius 3 is 2.32 bits per heavy atom. The standard InChI is InChI=1S/C14H11Cl2NO2/c15-12-6-11(8-17-18)7-13(16)14(12)19-9-10-4-2-1-3-5-10/h1-8,18H,9H2/b17-8-. The fraction of sp³-hybridized carbons (Fsp3) is 0.0714. The number of benzene rings is 2. The molecule has 0 spiro atoms. The van der Waals surface area contributed by atoms with Gasteiger partial charge in [-0.15, -0.1) is 0 Å². The Morgan fingerprint density at radius 1 is 1.11 bits per heavy atom. The zero-order valence-corrected chi connectivity index (χ0v) is 11.4. The van der Waals surface area contributed by atoms with Crippen molar-refractivity contribution in [2.24, 2.45) is 5.16 Å². The van der Waals surface area contributed by atoms with Gasteiger partial charge in [-0.05, 0) is 23.3 Å². The van der Waals surface area contributed by atoms with Gasteiger partial charge in [-0.1, -0.05) is 58.7 Å². The van der Waals surface area contributed by atoms with Gasteiger partial charge in [0.1, 0.15) is 6.61 Å². The predicted octanol–water partition coefficient (Wildman–Crippen LogP) is 4.38. The summed E-state index contributed by atoms with van der Waals surface area (Å²) in [6.07, 6.45) is 1.25. The molecule has 0 bridgehead atoms. The molecule has 0 unspecified atom stereocenters. The van der Waals surface area contributed by atoms with Gasteiger partial charge in [-0.2, -0.15) is 0 Å². The Balaban J connectivity index is 2.17. The molecule has 0 aromatic heterocycles. The highest BCUT2D eigenvalue weighted by molar-refractivity contribution is 6.37. The molecule has 0 amide bonds. The van der Waals surface area contributed by atoms with Crippen LogP contribution in [0.2, 0.25) is 10.0 Å². The van der Waals surface area contributed by atoms with E-state index < -0.39 is 0 Å². The largest absolute Gasteiger partial charge is 0.486 e. The van der Waals surface area contributed by atoms with Crippen LogP contribution in [0.1, 0.15) is 11.1 Å². The van der Waals surface area contributed by atoms with Gasteiger partial charge in [-0.25, -0.2) is 0 Å². The first-order valence-electron chi connectivity index (χ1n) is 5.54. The average molecular weight is 296 g/mol. The molecule has 2 aromatic rings. The van der Waals surface area contributed by atoms with Gasteiger partial charge >= 0.3 is 0 Å². The number of hydrogen-bond donors (Lipinski definition) is 1. The number of ether oxygens (including phenoxy) is 1. The van der Waals surface area contributed by atoms with Crippen LogP contribution in [0, 0.1) is 0 Å². The molecule has 0 fully saturated rings. The van der Waals surface area contributed by atoms with Crippen molar-refractivity contribution in [3.05, 3.63) is 63.6 Å². The SMILES string of the molecule is O/N=C\c1cc(Cl)c(OCc2ccccc2)c(Cl)c1. The van der Waals surface area contributed by atoms with Crippen LogP contribution in [0.15, 0.2) is 47.6 Å². The van der Waals surface area contributed by atoms with Gasteiger partial charge in [0, 0.05) is 0 Å². The smallest absolute Gasteiger partial charge is 0.157 e. The van der Waals surface area contributed by atoms with Crippen LogP contribution in [0.5, 0.6) is 5.75 Å². The summed E-state index contributed by atoms with van der Waals surface area (Å²) >= 11 is 12.2. The van der Waals surface area contributed by atoms with Crippen molar-refractivity contribution in [2.75, 3.05) is 0 Å². The lowest BCUT2D eigenvalue weighted by molar-refractivity contribution is 0.306. The summed E-state index contributed by atoms with van der Waals surface area (Å²) in [5, 5.41) is 12.2. The lowest BCUT2D eigenvalue weighted by Crippen LogP contribution is -1.97. The van der Waals surface area contributed by atoms with Gasteiger partial charge in [0.25, 0.3) is 0 Å². The maximum absolute atomic E-state index is 8.47. The van der Waals surface area contributed by atoms with E-state index in [-0.39, 0.29) is 0 Å². The second kappa shape index (κ2) is 6.45. The van der Waals surface area contributed by atoms with Crippen LogP contribution in [0.4, 0.5) is 0 Å². The average Bonchev–Trinajstić information content (AvgIpc) is 2.39. The van der Waals surface area contributed by atoms with E-state index in [4.69, 9.17) is 33.1 Å². The van der Waals surface area contributed by atoms with Crippen LogP contribution >= 0.6 is 23.2 Å². The van der Waals surface area contributed by atoms with E-state index in [1.165, 1.54) is 6.21 Å². The molecule has 98 valence electrons. The first kappa shape index (κ1) is 13.7. The molecule has 19 heavy (non-hydrogen) atoms. The summed E-state index contributed by atoms with van der Waals surface area (Å²) in [6, 6.07) is 12.9. The fourth-order valence-corrected chi connectivity index (χ4v) is 2.20. The van der Waals surface area contributed by atoms with Crippen molar-refractivity contribution >= 4 is 29.4 Å². The predicted molar refractivity (Wildman–Crippen MR) is 76.6 cm³/mol. The molecule has 0 radical (unpaired) electrons. The second-order valence-electron chi connectivity index (χ2n) is 3.83. The molecule has 0 aliphatic rings. The highest BCUT2D eigenvalue weighted by atomic mass is 35.5. The van der Waals surface area contributed by atoms with E-state index in [1.54, 1.807) is 12.1 Å². The van der Waals surface area contributed by atoms with Crippen LogP contribution in [-0.4, -0.2) is 11.4 Å². The summed E-state index contributed by atoms with van der Waals surface area (Å²) in [5.41, 5.74) is 1.63. The minimum Gasteiger partial charge on any atom is -0.486 e. The highest BCUT2D eigenvalue weighted by Crippen LogP contribution is 2.34. The monoisotopic (exact) mass is 295 g/mol. The molecule has 1 N–H and O–H groups in total. The Morgan fingerprint density at radius 2 is 1.74 bits per heavy atom. The van der Waals surface area contributed by atoms with E-state index >= 15 is 0 Å². The van der Waals surface area contributed by atoms with Crippen molar-refractivity contribution in [1.82, 2.24) is 0 Å². The molecule has 2 rings (SSSR count). The lowest BCUT2D eigenvalue weighted by Gasteiger charge is -2.10. The minimum absolute atomic E-state index is 0.373. The Labute approximate surface area is 121 Å². The zero-order chi connectivity index (χ0) is 13.7. The van der Waals surface area contributed by atoms with E-state index in [9.17, 15) is 0 Å². The van der Waals surface area contributed by atoms with Crippen LogP contribution < -0.4 is 4.74 Å². The third-order valence-corrected chi connectivity index (χ3v) is 3.01. The van der Waals surface area contributed by atoms with Crippen LogP contribution in [0.25, 0.3) is 0 Å². The van der Waals surface area contributed by atoms with Gasteiger partial charge in [0.15, 0.2) is 5.75 Å². The third-order valence-electron chi connectivity index (χ3n) is 2.45. The molecule has 0 saturated carbocycles. The molecule has 0 atom stereocenters. The van der Waals surface area contributed by atoms with Gasteiger partial charge < -0.3 is 9.94 Å².